The number of rotatable bonds is 4. The molecule has 2 aromatic carbocycles. The number of halogens is 9. The first-order valence-corrected chi connectivity index (χ1v) is 13.5. The average molecular weight is 641 g/mol. The van der Waals surface area contributed by atoms with Crippen LogP contribution in [-0.2, 0) is 34.5 Å². The van der Waals surface area contributed by atoms with Gasteiger partial charge in [0.2, 0.25) is 0 Å². The number of anilines is 1. The maximum Gasteiger partial charge on any atom is 0.416 e. The molecule has 0 radical (unpaired) electrons. The van der Waals surface area contributed by atoms with E-state index in [1.807, 2.05) is 0 Å². The van der Waals surface area contributed by atoms with E-state index in [0.29, 0.717) is 31.0 Å². The highest BCUT2D eigenvalue weighted by Gasteiger charge is 2.48. The standard InChI is InChI=1S/C29H29F9N2O4/c1-26(2,3)44-25(42)40-21-8-7-17(27(30,31)32)12-20(21)23(13-22(40)16-5-6-16)39(24(41)43-4)14-15-9-18(28(33,34)35)11-19(10-15)29(36,37)38/h7-12,16,22-23H,5-6,13-14H2,1-4H3/t22-,23+/m1/s1. The van der Waals surface area contributed by atoms with Crippen LogP contribution in [0, 0.1) is 5.92 Å². The van der Waals surface area contributed by atoms with E-state index in [2.05, 4.69) is 0 Å². The summed E-state index contributed by atoms with van der Waals surface area (Å²) in [6.45, 7) is 3.92. The van der Waals surface area contributed by atoms with Crippen LogP contribution in [0.5, 0.6) is 0 Å². The number of nitrogens with zero attached hydrogens (tertiary/aromatic N) is 2. The van der Waals surface area contributed by atoms with Crippen LogP contribution in [0.4, 0.5) is 54.8 Å². The van der Waals surface area contributed by atoms with E-state index in [9.17, 15) is 49.1 Å². The summed E-state index contributed by atoms with van der Waals surface area (Å²) in [5.41, 5.74) is -6.18. The van der Waals surface area contributed by atoms with Gasteiger partial charge in [-0.3, -0.25) is 9.80 Å². The highest BCUT2D eigenvalue weighted by Crippen LogP contribution is 2.50. The van der Waals surface area contributed by atoms with E-state index in [4.69, 9.17) is 9.47 Å². The molecule has 1 saturated carbocycles. The minimum absolute atomic E-state index is 0.0330. The third-order valence-corrected chi connectivity index (χ3v) is 7.31. The Labute approximate surface area is 246 Å². The summed E-state index contributed by atoms with van der Waals surface area (Å²) in [5, 5.41) is 0. The first-order valence-electron chi connectivity index (χ1n) is 13.5. The average Bonchev–Trinajstić information content (AvgIpc) is 3.73. The zero-order valence-electron chi connectivity index (χ0n) is 24.0. The monoisotopic (exact) mass is 640 g/mol. The zero-order valence-corrected chi connectivity index (χ0v) is 24.0. The van der Waals surface area contributed by atoms with Gasteiger partial charge in [-0.15, -0.1) is 0 Å². The van der Waals surface area contributed by atoms with Crippen molar-refractivity contribution in [1.29, 1.82) is 0 Å². The first-order chi connectivity index (χ1) is 20.1. The van der Waals surface area contributed by atoms with Crippen molar-refractivity contribution in [2.24, 2.45) is 5.92 Å². The van der Waals surface area contributed by atoms with E-state index in [1.54, 1.807) is 20.8 Å². The molecule has 0 bridgehead atoms. The van der Waals surface area contributed by atoms with Gasteiger partial charge < -0.3 is 9.47 Å². The summed E-state index contributed by atoms with van der Waals surface area (Å²) < 4.78 is 133. The molecule has 6 nitrogen and oxygen atoms in total. The Morgan fingerprint density at radius 2 is 1.39 bits per heavy atom. The van der Waals surface area contributed by atoms with Gasteiger partial charge in [0.1, 0.15) is 5.60 Å². The molecule has 1 heterocycles. The number of hydrogen-bond acceptors (Lipinski definition) is 4. The lowest BCUT2D eigenvalue weighted by Crippen LogP contribution is -2.51. The van der Waals surface area contributed by atoms with Gasteiger partial charge in [-0.05, 0) is 93.5 Å². The highest BCUT2D eigenvalue weighted by atomic mass is 19.4. The Bertz CT molecular complexity index is 1380. The van der Waals surface area contributed by atoms with Gasteiger partial charge in [0, 0.05) is 12.6 Å². The number of carbonyl (C=O) groups is 2. The summed E-state index contributed by atoms with van der Waals surface area (Å²) in [7, 11) is 0.920. The second kappa shape index (κ2) is 11.4. The zero-order chi connectivity index (χ0) is 33.0. The molecule has 0 unspecified atom stereocenters. The SMILES string of the molecule is COC(=O)N(Cc1cc(C(F)(F)F)cc(C(F)(F)F)c1)[C@H]1C[C@H](C2CC2)N(C(=O)OC(C)(C)C)c2ccc(C(F)(F)F)cc21. The third kappa shape index (κ3) is 7.34. The molecule has 4 rings (SSSR count). The Balaban J connectivity index is 1.89. The molecule has 1 aliphatic carbocycles. The molecule has 0 saturated heterocycles. The van der Waals surface area contributed by atoms with Crippen molar-refractivity contribution in [1.82, 2.24) is 4.90 Å². The quantitative estimate of drug-likeness (QED) is 0.313. The van der Waals surface area contributed by atoms with Crippen molar-refractivity contribution in [3.05, 3.63) is 64.2 Å². The van der Waals surface area contributed by atoms with Crippen molar-refractivity contribution in [2.45, 2.75) is 82.8 Å². The van der Waals surface area contributed by atoms with Crippen molar-refractivity contribution in [3.8, 4) is 0 Å². The van der Waals surface area contributed by atoms with E-state index in [-0.39, 0.29) is 29.7 Å². The summed E-state index contributed by atoms with van der Waals surface area (Å²) in [5.74, 6) is -0.148. The number of amides is 2. The predicted octanol–water partition coefficient (Wildman–Crippen LogP) is 8.98. The van der Waals surface area contributed by atoms with Crippen molar-refractivity contribution in [3.63, 3.8) is 0 Å². The number of methoxy groups -OCH3 is 1. The second-order valence-corrected chi connectivity index (χ2v) is 11.8. The lowest BCUT2D eigenvalue weighted by molar-refractivity contribution is -0.143. The molecule has 2 aliphatic rings. The van der Waals surface area contributed by atoms with Crippen LogP contribution in [0.3, 0.4) is 0 Å². The van der Waals surface area contributed by atoms with E-state index in [0.717, 1.165) is 24.1 Å². The molecule has 0 aromatic heterocycles. The number of ether oxygens (including phenoxy) is 2. The summed E-state index contributed by atoms with van der Waals surface area (Å²) >= 11 is 0. The van der Waals surface area contributed by atoms with Crippen LogP contribution in [0.2, 0.25) is 0 Å². The maximum atomic E-state index is 13.8. The van der Waals surface area contributed by atoms with Gasteiger partial charge in [-0.25, -0.2) is 9.59 Å². The molecule has 2 aromatic rings. The number of benzene rings is 2. The predicted molar refractivity (Wildman–Crippen MR) is 138 cm³/mol. The second-order valence-electron chi connectivity index (χ2n) is 11.8. The molecular weight excluding hydrogens is 611 g/mol. The Morgan fingerprint density at radius 1 is 0.841 bits per heavy atom. The molecule has 1 fully saturated rings. The molecule has 2 amide bonds. The number of hydrogen-bond donors (Lipinski definition) is 0. The molecule has 15 heteroatoms. The summed E-state index contributed by atoms with van der Waals surface area (Å²) in [6, 6.07) is 1.27. The van der Waals surface area contributed by atoms with Gasteiger partial charge in [-0.2, -0.15) is 39.5 Å². The highest BCUT2D eigenvalue weighted by molar-refractivity contribution is 5.91. The van der Waals surface area contributed by atoms with Crippen molar-refractivity contribution >= 4 is 17.9 Å². The Morgan fingerprint density at radius 3 is 1.84 bits per heavy atom. The molecule has 0 spiro atoms. The fourth-order valence-corrected chi connectivity index (χ4v) is 5.31. The van der Waals surface area contributed by atoms with Crippen LogP contribution in [0.25, 0.3) is 0 Å². The Kier molecular flexibility index (Phi) is 8.59. The van der Waals surface area contributed by atoms with E-state index in [1.165, 1.54) is 4.90 Å². The summed E-state index contributed by atoms with van der Waals surface area (Å²) in [4.78, 5) is 28.5. The number of alkyl halides is 9. The largest absolute Gasteiger partial charge is 0.453 e. The van der Waals surface area contributed by atoms with Crippen LogP contribution in [-0.4, -0.2) is 35.8 Å². The van der Waals surface area contributed by atoms with Crippen LogP contribution in [0.15, 0.2) is 36.4 Å². The normalized spacial score (nSPS) is 19.3. The van der Waals surface area contributed by atoms with Gasteiger partial charge in [0.05, 0.1) is 35.5 Å². The lowest BCUT2D eigenvalue weighted by Gasteiger charge is -2.44. The lowest BCUT2D eigenvalue weighted by atomic mass is 9.86. The fourth-order valence-electron chi connectivity index (χ4n) is 5.31. The smallest absolute Gasteiger partial charge is 0.416 e. The van der Waals surface area contributed by atoms with Crippen molar-refractivity contribution < 1.29 is 58.6 Å². The Hall–Kier alpha value is -3.65. The van der Waals surface area contributed by atoms with Crippen molar-refractivity contribution in [2.75, 3.05) is 12.0 Å². The van der Waals surface area contributed by atoms with Gasteiger partial charge >= 0.3 is 30.7 Å². The summed E-state index contributed by atoms with van der Waals surface area (Å²) in [6.07, 6.45) is -16.2. The molecule has 242 valence electrons. The fraction of sp³-hybridized carbons (Fsp3) is 0.517. The topological polar surface area (TPSA) is 59.1 Å². The van der Waals surface area contributed by atoms with E-state index < -0.39 is 77.2 Å². The van der Waals surface area contributed by atoms with Gasteiger partial charge in [0.25, 0.3) is 0 Å². The molecule has 2 atom stereocenters. The molecule has 1 aliphatic heterocycles. The minimum Gasteiger partial charge on any atom is -0.453 e. The minimum atomic E-state index is -5.17. The molecule has 0 N–H and O–H groups in total. The third-order valence-electron chi connectivity index (χ3n) is 7.31. The first kappa shape index (κ1) is 33.2. The van der Waals surface area contributed by atoms with Gasteiger partial charge in [0.15, 0.2) is 0 Å². The van der Waals surface area contributed by atoms with Gasteiger partial charge in [-0.1, -0.05) is 0 Å². The number of fused-ring (bicyclic) bond motifs is 1. The molecule has 44 heavy (non-hydrogen) atoms. The van der Waals surface area contributed by atoms with Crippen LogP contribution in [0.1, 0.15) is 73.9 Å². The molecular formula is C29H29F9N2O4. The van der Waals surface area contributed by atoms with Crippen LogP contribution >= 0.6 is 0 Å². The van der Waals surface area contributed by atoms with E-state index >= 15 is 0 Å². The number of carbonyl (C=O) groups excluding carboxylic acids is 2. The maximum absolute atomic E-state index is 13.8. The van der Waals surface area contributed by atoms with Crippen LogP contribution < -0.4 is 4.90 Å².